The van der Waals surface area contributed by atoms with Crippen molar-refractivity contribution in [1.82, 2.24) is 9.97 Å². The normalized spacial score (nSPS) is 10.1. The van der Waals surface area contributed by atoms with E-state index in [4.69, 9.17) is 21.4 Å². The summed E-state index contributed by atoms with van der Waals surface area (Å²) >= 11 is 6.05. The van der Waals surface area contributed by atoms with Gasteiger partial charge in [0.15, 0.2) is 0 Å². The van der Waals surface area contributed by atoms with Crippen LogP contribution in [0.2, 0.25) is 5.02 Å². The van der Waals surface area contributed by atoms with E-state index in [0.29, 0.717) is 22.2 Å². The summed E-state index contributed by atoms with van der Waals surface area (Å²) in [5, 5.41) is 12.6. The SMILES string of the molecule is COc1ccc(Cl)c(NCc2ncncc2C(=O)O)c1. The van der Waals surface area contributed by atoms with Crippen molar-refractivity contribution in [3.63, 3.8) is 0 Å². The van der Waals surface area contributed by atoms with Gasteiger partial charge in [-0.25, -0.2) is 14.8 Å². The first-order valence-electron chi connectivity index (χ1n) is 5.71. The van der Waals surface area contributed by atoms with Gasteiger partial charge in [0.2, 0.25) is 0 Å². The number of nitrogens with zero attached hydrogens (tertiary/aromatic N) is 2. The number of halogens is 1. The number of aromatic nitrogens is 2. The van der Waals surface area contributed by atoms with Crippen LogP contribution in [-0.2, 0) is 6.54 Å². The summed E-state index contributed by atoms with van der Waals surface area (Å²) < 4.78 is 5.11. The highest BCUT2D eigenvalue weighted by molar-refractivity contribution is 6.33. The van der Waals surface area contributed by atoms with Gasteiger partial charge >= 0.3 is 5.97 Å². The number of carboxylic acid groups (broad SMARTS) is 1. The summed E-state index contributed by atoms with van der Waals surface area (Å²) in [5.74, 6) is -0.419. The molecule has 7 heteroatoms. The molecule has 0 radical (unpaired) electrons. The number of carbonyl (C=O) groups is 1. The fourth-order valence-corrected chi connectivity index (χ4v) is 1.80. The van der Waals surface area contributed by atoms with Gasteiger partial charge in [0.1, 0.15) is 17.6 Å². The summed E-state index contributed by atoms with van der Waals surface area (Å²) in [5.41, 5.74) is 1.08. The van der Waals surface area contributed by atoms with E-state index >= 15 is 0 Å². The predicted molar refractivity (Wildman–Crippen MR) is 74.3 cm³/mol. The van der Waals surface area contributed by atoms with Gasteiger partial charge < -0.3 is 15.2 Å². The molecular weight excluding hydrogens is 282 g/mol. The van der Waals surface area contributed by atoms with Gasteiger partial charge in [-0.3, -0.25) is 0 Å². The molecule has 2 aromatic rings. The number of hydrogen-bond donors (Lipinski definition) is 2. The quantitative estimate of drug-likeness (QED) is 0.881. The number of rotatable bonds is 5. The molecule has 1 aromatic carbocycles. The minimum atomic E-state index is -1.07. The standard InChI is InChI=1S/C13H12ClN3O3/c1-20-8-2-3-10(14)11(4-8)16-6-12-9(13(18)19)5-15-7-17-12/h2-5,7,16H,6H2,1H3,(H,18,19). The topological polar surface area (TPSA) is 84.3 Å². The second-order valence-electron chi connectivity index (χ2n) is 3.89. The highest BCUT2D eigenvalue weighted by Gasteiger charge is 2.11. The Bertz CT molecular complexity index is 634. The number of methoxy groups -OCH3 is 1. The number of nitrogens with one attached hydrogen (secondary N) is 1. The van der Waals surface area contributed by atoms with E-state index in [0.717, 1.165) is 0 Å². The van der Waals surface area contributed by atoms with Crippen LogP contribution < -0.4 is 10.1 Å². The van der Waals surface area contributed by atoms with Gasteiger partial charge in [-0.15, -0.1) is 0 Å². The van der Waals surface area contributed by atoms with Crippen molar-refractivity contribution in [2.45, 2.75) is 6.54 Å². The molecule has 0 aliphatic rings. The zero-order chi connectivity index (χ0) is 14.5. The Labute approximate surface area is 120 Å². The molecule has 104 valence electrons. The smallest absolute Gasteiger partial charge is 0.339 e. The first-order valence-corrected chi connectivity index (χ1v) is 6.09. The molecule has 2 N–H and O–H groups in total. The summed E-state index contributed by atoms with van der Waals surface area (Å²) in [6.07, 6.45) is 2.57. The number of hydrogen-bond acceptors (Lipinski definition) is 5. The van der Waals surface area contributed by atoms with Crippen LogP contribution in [0.15, 0.2) is 30.7 Å². The molecule has 1 aromatic heterocycles. The largest absolute Gasteiger partial charge is 0.497 e. The zero-order valence-electron chi connectivity index (χ0n) is 10.6. The first-order chi connectivity index (χ1) is 9.61. The van der Waals surface area contributed by atoms with Crippen LogP contribution >= 0.6 is 11.6 Å². The molecule has 1 heterocycles. The minimum absolute atomic E-state index is 0.0546. The predicted octanol–water partition coefficient (Wildman–Crippen LogP) is 2.45. The van der Waals surface area contributed by atoms with Crippen LogP contribution in [0.4, 0.5) is 5.69 Å². The van der Waals surface area contributed by atoms with Gasteiger partial charge in [0.25, 0.3) is 0 Å². The minimum Gasteiger partial charge on any atom is -0.497 e. The Morgan fingerprint density at radius 1 is 1.50 bits per heavy atom. The second-order valence-corrected chi connectivity index (χ2v) is 4.29. The van der Waals surface area contributed by atoms with E-state index in [1.165, 1.54) is 12.5 Å². The molecule has 20 heavy (non-hydrogen) atoms. The van der Waals surface area contributed by atoms with Crippen molar-refractivity contribution in [2.24, 2.45) is 0 Å². The number of ether oxygens (including phenoxy) is 1. The summed E-state index contributed by atoms with van der Waals surface area (Å²) in [6, 6.07) is 5.16. The van der Waals surface area contributed by atoms with Crippen LogP contribution in [0.5, 0.6) is 5.75 Å². The van der Waals surface area contributed by atoms with Crippen molar-refractivity contribution in [3.8, 4) is 5.75 Å². The molecular formula is C13H12ClN3O3. The van der Waals surface area contributed by atoms with E-state index in [1.54, 1.807) is 25.3 Å². The fourth-order valence-electron chi connectivity index (χ4n) is 1.62. The monoisotopic (exact) mass is 293 g/mol. The van der Waals surface area contributed by atoms with Crippen LogP contribution in [0.1, 0.15) is 16.1 Å². The third kappa shape index (κ3) is 3.16. The maximum absolute atomic E-state index is 11.0. The average molecular weight is 294 g/mol. The summed E-state index contributed by atoms with van der Waals surface area (Å²) in [7, 11) is 1.56. The number of anilines is 1. The molecule has 0 aliphatic heterocycles. The number of aromatic carboxylic acids is 1. The lowest BCUT2D eigenvalue weighted by Gasteiger charge is -2.10. The van der Waals surface area contributed by atoms with Crippen molar-refractivity contribution >= 4 is 23.3 Å². The van der Waals surface area contributed by atoms with Crippen LogP contribution in [0.25, 0.3) is 0 Å². The molecule has 0 saturated heterocycles. The Morgan fingerprint density at radius 2 is 2.30 bits per heavy atom. The van der Waals surface area contributed by atoms with E-state index in [1.807, 2.05) is 0 Å². The van der Waals surface area contributed by atoms with Crippen molar-refractivity contribution in [3.05, 3.63) is 47.0 Å². The summed E-state index contributed by atoms with van der Waals surface area (Å²) in [4.78, 5) is 18.7. The van der Waals surface area contributed by atoms with Gasteiger partial charge in [-0.2, -0.15) is 0 Å². The Hall–Kier alpha value is -2.34. The molecule has 0 fully saturated rings. The lowest BCUT2D eigenvalue weighted by atomic mass is 10.2. The van der Waals surface area contributed by atoms with E-state index in [9.17, 15) is 4.79 Å². The Kier molecular flexibility index (Phi) is 4.37. The van der Waals surface area contributed by atoms with Gasteiger partial charge in [0, 0.05) is 12.3 Å². The highest BCUT2D eigenvalue weighted by Crippen LogP contribution is 2.27. The summed E-state index contributed by atoms with van der Waals surface area (Å²) in [6.45, 7) is 0.219. The van der Waals surface area contributed by atoms with Crippen molar-refractivity contribution < 1.29 is 14.6 Å². The second kappa shape index (κ2) is 6.21. The molecule has 0 aliphatic carbocycles. The van der Waals surface area contributed by atoms with Gasteiger partial charge in [-0.05, 0) is 12.1 Å². The third-order valence-corrected chi connectivity index (χ3v) is 2.97. The number of carboxylic acids is 1. The Balaban J connectivity index is 2.19. The van der Waals surface area contributed by atoms with E-state index in [2.05, 4.69) is 15.3 Å². The van der Waals surface area contributed by atoms with E-state index in [-0.39, 0.29) is 12.1 Å². The lowest BCUT2D eigenvalue weighted by Crippen LogP contribution is -2.10. The average Bonchev–Trinajstić information content (AvgIpc) is 2.46. The van der Waals surface area contributed by atoms with Crippen molar-refractivity contribution in [2.75, 3.05) is 12.4 Å². The third-order valence-electron chi connectivity index (χ3n) is 2.64. The van der Waals surface area contributed by atoms with Crippen LogP contribution in [0.3, 0.4) is 0 Å². The van der Waals surface area contributed by atoms with Crippen LogP contribution in [-0.4, -0.2) is 28.2 Å². The maximum atomic E-state index is 11.0. The van der Waals surface area contributed by atoms with E-state index < -0.39 is 5.97 Å². The Morgan fingerprint density at radius 3 is 3.00 bits per heavy atom. The fraction of sp³-hybridized carbons (Fsp3) is 0.154. The van der Waals surface area contributed by atoms with Gasteiger partial charge in [-0.1, -0.05) is 11.6 Å². The number of benzene rings is 1. The first kappa shape index (κ1) is 14.1. The van der Waals surface area contributed by atoms with Crippen molar-refractivity contribution in [1.29, 1.82) is 0 Å². The maximum Gasteiger partial charge on any atom is 0.339 e. The zero-order valence-corrected chi connectivity index (χ0v) is 11.4. The molecule has 0 amide bonds. The molecule has 6 nitrogen and oxygen atoms in total. The molecule has 0 bridgehead atoms. The molecule has 0 saturated carbocycles. The van der Waals surface area contributed by atoms with Gasteiger partial charge in [0.05, 0.1) is 30.1 Å². The molecule has 0 unspecified atom stereocenters. The van der Waals surface area contributed by atoms with Crippen LogP contribution in [0, 0.1) is 0 Å². The molecule has 0 spiro atoms. The molecule has 0 atom stereocenters. The molecule has 2 rings (SSSR count). The highest BCUT2D eigenvalue weighted by atomic mass is 35.5. The lowest BCUT2D eigenvalue weighted by molar-refractivity contribution is 0.0694.